The van der Waals surface area contributed by atoms with Crippen LogP contribution in [0.4, 0.5) is 5.82 Å². The number of aromatic nitrogens is 1. The normalized spacial score (nSPS) is 12.7. The van der Waals surface area contributed by atoms with Crippen LogP contribution in [0.5, 0.6) is 0 Å². The molecule has 0 aliphatic rings. The maximum Gasteiger partial charge on any atom is 0.129 e. The number of aliphatic hydroxyl groups excluding tert-OH is 1. The zero-order valence-corrected chi connectivity index (χ0v) is 9.37. The van der Waals surface area contributed by atoms with Gasteiger partial charge in [-0.05, 0) is 12.5 Å². The number of aliphatic hydroxyl groups is 1. The molecule has 15 heavy (non-hydrogen) atoms. The number of anilines is 1. The van der Waals surface area contributed by atoms with E-state index in [0.717, 1.165) is 6.42 Å². The van der Waals surface area contributed by atoms with Crippen LogP contribution in [0.15, 0.2) is 12.3 Å². The van der Waals surface area contributed by atoms with Crippen LogP contribution >= 0.6 is 11.6 Å². The maximum atomic E-state index is 9.75. The van der Waals surface area contributed by atoms with Crippen molar-refractivity contribution >= 4 is 17.4 Å². The molecule has 0 saturated carbocycles. The molecule has 0 radical (unpaired) electrons. The van der Waals surface area contributed by atoms with Crippen molar-refractivity contribution < 1.29 is 9.84 Å². The fourth-order valence-electron chi connectivity index (χ4n) is 1.16. The molecule has 4 nitrogen and oxygen atoms in total. The Morgan fingerprint density at radius 3 is 3.07 bits per heavy atom. The van der Waals surface area contributed by atoms with E-state index in [9.17, 15) is 5.11 Å². The molecule has 0 saturated heterocycles. The first-order valence-corrected chi connectivity index (χ1v) is 5.19. The molecule has 0 fully saturated rings. The molecular formula is C10H15ClN2O2. The Bertz CT molecular complexity index is 320. The van der Waals surface area contributed by atoms with Crippen LogP contribution in [0.1, 0.15) is 25.0 Å². The second kappa shape index (κ2) is 5.90. The third-order valence-corrected chi connectivity index (χ3v) is 2.11. The highest BCUT2D eigenvalue weighted by Gasteiger charge is 2.12. The highest BCUT2D eigenvalue weighted by atomic mass is 35.5. The topological polar surface area (TPSA) is 68.4 Å². The molecule has 1 aromatic heterocycles. The lowest BCUT2D eigenvalue weighted by Gasteiger charge is -2.13. The Balaban J connectivity index is 2.64. The zero-order chi connectivity index (χ0) is 11.3. The minimum absolute atomic E-state index is 0.208. The Morgan fingerprint density at radius 2 is 2.40 bits per heavy atom. The van der Waals surface area contributed by atoms with E-state index in [1.807, 2.05) is 6.92 Å². The van der Waals surface area contributed by atoms with E-state index in [1.165, 1.54) is 6.20 Å². The molecule has 5 heteroatoms. The summed E-state index contributed by atoms with van der Waals surface area (Å²) in [7, 11) is 0. The molecular weight excluding hydrogens is 216 g/mol. The van der Waals surface area contributed by atoms with E-state index in [2.05, 4.69) is 4.98 Å². The molecule has 1 unspecified atom stereocenters. The van der Waals surface area contributed by atoms with Gasteiger partial charge in [0, 0.05) is 18.4 Å². The number of hydrogen-bond donors (Lipinski definition) is 2. The first kappa shape index (κ1) is 12.2. The molecule has 1 atom stereocenters. The first-order chi connectivity index (χ1) is 7.15. The second-order valence-electron chi connectivity index (χ2n) is 3.22. The Labute approximate surface area is 94.0 Å². The number of hydrogen-bond acceptors (Lipinski definition) is 4. The van der Waals surface area contributed by atoms with Crippen molar-refractivity contribution in [3.8, 4) is 0 Å². The highest BCUT2D eigenvalue weighted by Crippen LogP contribution is 2.22. The minimum Gasteiger partial charge on any atom is -0.386 e. The lowest BCUT2D eigenvalue weighted by Crippen LogP contribution is -2.10. The van der Waals surface area contributed by atoms with Gasteiger partial charge in [0.2, 0.25) is 0 Å². The smallest absolute Gasteiger partial charge is 0.129 e. The predicted octanol–water partition coefficient (Wildman–Crippen LogP) is 1.78. The molecule has 0 aliphatic heterocycles. The average molecular weight is 231 g/mol. The third kappa shape index (κ3) is 3.66. The van der Waals surface area contributed by atoms with Crippen LogP contribution < -0.4 is 5.73 Å². The molecule has 1 rings (SSSR count). The number of nitrogens with two attached hydrogens (primary N) is 1. The zero-order valence-electron chi connectivity index (χ0n) is 8.61. The molecule has 0 aliphatic carbocycles. The van der Waals surface area contributed by atoms with Crippen molar-refractivity contribution in [2.45, 2.75) is 19.4 Å². The summed E-state index contributed by atoms with van der Waals surface area (Å²) in [6.45, 7) is 2.83. The summed E-state index contributed by atoms with van der Waals surface area (Å²) in [6, 6.07) is 1.60. The molecule has 3 N–H and O–H groups in total. The summed E-state index contributed by atoms with van der Waals surface area (Å²) in [6.07, 6.45) is 1.58. The molecule has 0 amide bonds. The van der Waals surface area contributed by atoms with E-state index in [0.29, 0.717) is 17.2 Å². The molecule has 0 bridgehead atoms. The first-order valence-electron chi connectivity index (χ1n) is 4.82. The van der Waals surface area contributed by atoms with Crippen molar-refractivity contribution in [1.82, 2.24) is 4.98 Å². The summed E-state index contributed by atoms with van der Waals surface area (Å²) in [4.78, 5) is 3.86. The number of halogens is 1. The van der Waals surface area contributed by atoms with Gasteiger partial charge in [0.25, 0.3) is 0 Å². The van der Waals surface area contributed by atoms with E-state index < -0.39 is 6.10 Å². The molecule has 1 aromatic rings. The number of rotatable bonds is 5. The van der Waals surface area contributed by atoms with E-state index in [-0.39, 0.29) is 12.4 Å². The van der Waals surface area contributed by atoms with Gasteiger partial charge in [-0.2, -0.15) is 0 Å². The predicted molar refractivity (Wildman–Crippen MR) is 59.7 cm³/mol. The van der Waals surface area contributed by atoms with Crippen LogP contribution in [0.2, 0.25) is 5.02 Å². The molecule has 1 heterocycles. The fraction of sp³-hybridized carbons (Fsp3) is 0.500. The van der Waals surface area contributed by atoms with Crippen LogP contribution in [-0.4, -0.2) is 23.3 Å². The van der Waals surface area contributed by atoms with Crippen molar-refractivity contribution in [2.75, 3.05) is 18.9 Å². The molecule has 0 spiro atoms. The average Bonchev–Trinajstić information content (AvgIpc) is 2.22. The van der Waals surface area contributed by atoms with Crippen molar-refractivity contribution in [3.05, 3.63) is 22.8 Å². The monoisotopic (exact) mass is 230 g/mol. The second-order valence-corrected chi connectivity index (χ2v) is 3.66. The van der Waals surface area contributed by atoms with Gasteiger partial charge >= 0.3 is 0 Å². The minimum atomic E-state index is -0.775. The van der Waals surface area contributed by atoms with E-state index >= 15 is 0 Å². The number of pyridine rings is 1. The van der Waals surface area contributed by atoms with Gasteiger partial charge in [-0.15, -0.1) is 0 Å². The summed E-state index contributed by atoms with van der Waals surface area (Å²) >= 11 is 5.75. The van der Waals surface area contributed by atoms with Crippen LogP contribution in [0, 0.1) is 0 Å². The highest BCUT2D eigenvalue weighted by molar-refractivity contribution is 6.30. The van der Waals surface area contributed by atoms with Crippen molar-refractivity contribution in [2.24, 2.45) is 0 Å². The summed E-state index contributed by atoms with van der Waals surface area (Å²) in [5.74, 6) is 0.284. The molecule has 84 valence electrons. The third-order valence-electron chi connectivity index (χ3n) is 1.90. The van der Waals surface area contributed by atoms with Gasteiger partial charge in [-0.1, -0.05) is 18.5 Å². The van der Waals surface area contributed by atoms with Crippen molar-refractivity contribution in [3.63, 3.8) is 0 Å². The van der Waals surface area contributed by atoms with Gasteiger partial charge in [-0.3, -0.25) is 0 Å². The summed E-state index contributed by atoms with van der Waals surface area (Å²) in [5, 5.41) is 10.2. The largest absolute Gasteiger partial charge is 0.386 e. The lowest BCUT2D eigenvalue weighted by molar-refractivity contribution is 0.0366. The van der Waals surface area contributed by atoms with Gasteiger partial charge in [0.15, 0.2) is 0 Å². The van der Waals surface area contributed by atoms with Gasteiger partial charge < -0.3 is 15.6 Å². The number of nitrogens with zero attached hydrogens (tertiary/aromatic N) is 1. The van der Waals surface area contributed by atoms with E-state index in [4.69, 9.17) is 22.1 Å². The SMILES string of the molecule is CCCOCC(O)c1cc(Cl)cnc1N. The quantitative estimate of drug-likeness (QED) is 0.757. The van der Waals surface area contributed by atoms with Crippen LogP contribution in [-0.2, 0) is 4.74 Å². The summed E-state index contributed by atoms with van der Waals surface area (Å²) in [5.41, 5.74) is 6.12. The van der Waals surface area contributed by atoms with Crippen molar-refractivity contribution in [1.29, 1.82) is 0 Å². The number of nitrogen functional groups attached to an aromatic ring is 1. The van der Waals surface area contributed by atoms with Gasteiger partial charge in [0.1, 0.15) is 11.9 Å². The lowest BCUT2D eigenvalue weighted by atomic mass is 10.1. The Morgan fingerprint density at radius 1 is 1.67 bits per heavy atom. The maximum absolute atomic E-state index is 9.75. The van der Waals surface area contributed by atoms with Crippen LogP contribution in [0.3, 0.4) is 0 Å². The van der Waals surface area contributed by atoms with Crippen LogP contribution in [0.25, 0.3) is 0 Å². The summed E-state index contributed by atoms with van der Waals surface area (Å²) < 4.78 is 5.22. The van der Waals surface area contributed by atoms with E-state index in [1.54, 1.807) is 6.07 Å². The Kier molecular flexibility index (Phi) is 4.81. The molecule has 0 aromatic carbocycles. The van der Waals surface area contributed by atoms with Gasteiger partial charge in [0.05, 0.1) is 11.6 Å². The Hall–Kier alpha value is -0.840. The van der Waals surface area contributed by atoms with Gasteiger partial charge in [-0.25, -0.2) is 4.98 Å². The standard InChI is InChI=1S/C10H15ClN2O2/c1-2-3-15-6-9(14)8-4-7(11)5-13-10(8)12/h4-5,9,14H,2-3,6H2,1H3,(H2,12,13). The number of ether oxygens (including phenoxy) is 1. The fourth-order valence-corrected chi connectivity index (χ4v) is 1.33.